The zero-order chi connectivity index (χ0) is 18.7. The molecule has 3 nitrogen and oxygen atoms in total. The molecule has 0 aliphatic heterocycles. The lowest BCUT2D eigenvalue weighted by molar-refractivity contribution is 0.115. The van der Waals surface area contributed by atoms with Crippen molar-refractivity contribution in [3.63, 3.8) is 0 Å². The van der Waals surface area contributed by atoms with Gasteiger partial charge in [-0.1, -0.05) is 47.5 Å². The van der Waals surface area contributed by atoms with E-state index < -0.39 is 5.54 Å². The fraction of sp³-hybridized carbons (Fsp3) is 0.524. The van der Waals surface area contributed by atoms with E-state index in [0.717, 1.165) is 36.3 Å². The molecule has 0 heterocycles. The number of aliphatic hydroxyl groups is 2. The highest BCUT2D eigenvalue weighted by Gasteiger charge is 2.22. The average molecular weight is 366 g/mol. The molecule has 0 aromatic heterocycles. The first kappa shape index (κ1) is 21.9. The number of halogens is 1. The minimum absolute atomic E-state index is 0.235. The molecule has 0 aliphatic carbocycles. The monoisotopic (exact) mass is 365 g/mol. The summed E-state index contributed by atoms with van der Waals surface area (Å²) in [6.07, 6.45) is 12.0. The highest BCUT2D eigenvalue weighted by molar-refractivity contribution is 6.31. The van der Waals surface area contributed by atoms with E-state index >= 15 is 0 Å². The Bertz CT molecular complexity index is 577. The molecule has 4 heteroatoms. The van der Waals surface area contributed by atoms with E-state index in [0.29, 0.717) is 12.8 Å². The summed E-state index contributed by atoms with van der Waals surface area (Å²) >= 11 is 6.39. The summed E-state index contributed by atoms with van der Waals surface area (Å²) < 4.78 is 0. The van der Waals surface area contributed by atoms with Crippen molar-refractivity contribution in [1.29, 1.82) is 0 Å². The van der Waals surface area contributed by atoms with Crippen molar-refractivity contribution in [2.75, 3.05) is 13.2 Å². The van der Waals surface area contributed by atoms with E-state index in [1.165, 1.54) is 11.1 Å². The first-order valence-electron chi connectivity index (χ1n) is 9.03. The smallest absolute Gasteiger partial charge is 0.0633 e. The van der Waals surface area contributed by atoms with Gasteiger partial charge in [-0.15, -0.1) is 0 Å². The Kier molecular flexibility index (Phi) is 10.1. The van der Waals surface area contributed by atoms with Crippen LogP contribution < -0.4 is 5.73 Å². The molecule has 0 saturated heterocycles. The predicted molar refractivity (Wildman–Crippen MR) is 107 cm³/mol. The topological polar surface area (TPSA) is 66.5 Å². The normalized spacial score (nSPS) is 13.0. The lowest BCUT2D eigenvalue weighted by atomic mass is 9.93. The van der Waals surface area contributed by atoms with Crippen LogP contribution in [0.25, 0.3) is 0 Å². The lowest BCUT2D eigenvalue weighted by Gasteiger charge is -2.24. The summed E-state index contributed by atoms with van der Waals surface area (Å²) in [5.41, 5.74) is 8.60. The molecule has 0 atom stereocenters. The van der Waals surface area contributed by atoms with Crippen LogP contribution in [0.15, 0.2) is 42.0 Å². The van der Waals surface area contributed by atoms with E-state index in [-0.39, 0.29) is 13.2 Å². The van der Waals surface area contributed by atoms with Gasteiger partial charge in [-0.25, -0.2) is 0 Å². The molecule has 4 N–H and O–H groups in total. The summed E-state index contributed by atoms with van der Waals surface area (Å²) in [5.74, 6) is 0. The van der Waals surface area contributed by atoms with E-state index in [4.69, 9.17) is 17.3 Å². The largest absolute Gasteiger partial charge is 0.394 e. The molecule has 1 rings (SSSR count). The summed E-state index contributed by atoms with van der Waals surface area (Å²) in [4.78, 5) is 0. The van der Waals surface area contributed by atoms with Crippen LogP contribution in [0.4, 0.5) is 0 Å². The van der Waals surface area contributed by atoms with E-state index in [2.05, 4.69) is 31.2 Å². The molecule has 0 fully saturated rings. The molecule has 0 unspecified atom stereocenters. The van der Waals surface area contributed by atoms with Crippen molar-refractivity contribution in [3.05, 3.63) is 58.1 Å². The zero-order valence-electron chi connectivity index (χ0n) is 15.5. The first-order chi connectivity index (χ1) is 12.0. The standard InChI is InChI=1S/C21H32ClNO2/c1-3-7-17(4-2)8-5-6-9-18-10-11-19(20(22)14-18)12-13-21(23,15-24)16-25/h3-4,7,10-11,14,24-25H,5-6,8-9,12-13,15-16,23H2,1-2H3/b7-3-,17-4+. The summed E-state index contributed by atoms with van der Waals surface area (Å²) in [6, 6.07) is 6.17. The molecule has 0 aliphatic rings. The van der Waals surface area contributed by atoms with Crippen LogP contribution in [-0.2, 0) is 12.8 Å². The first-order valence-corrected chi connectivity index (χ1v) is 9.41. The molecule has 25 heavy (non-hydrogen) atoms. The van der Waals surface area contributed by atoms with Crippen molar-refractivity contribution in [2.45, 2.75) is 57.9 Å². The van der Waals surface area contributed by atoms with Crippen LogP contribution in [0.5, 0.6) is 0 Å². The maximum Gasteiger partial charge on any atom is 0.0633 e. The van der Waals surface area contributed by atoms with Crippen LogP contribution in [0.2, 0.25) is 5.02 Å². The molecule has 1 aromatic carbocycles. The quantitative estimate of drug-likeness (QED) is 0.407. The molecular weight excluding hydrogens is 334 g/mol. The third kappa shape index (κ3) is 7.74. The minimum atomic E-state index is -0.945. The molecule has 140 valence electrons. The van der Waals surface area contributed by atoms with Crippen molar-refractivity contribution in [3.8, 4) is 0 Å². The maximum absolute atomic E-state index is 9.26. The lowest BCUT2D eigenvalue weighted by Crippen LogP contribution is -2.47. The van der Waals surface area contributed by atoms with Crippen molar-refractivity contribution >= 4 is 11.6 Å². The molecule has 0 radical (unpaired) electrons. The van der Waals surface area contributed by atoms with Crippen LogP contribution in [0.1, 0.15) is 50.7 Å². The van der Waals surface area contributed by atoms with E-state index in [1.54, 1.807) is 0 Å². The number of hydrogen-bond acceptors (Lipinski definition) is 3. The number of rotatable bonds is 11. The van der Waals surface area contributed by atoms with Gasteiger partial charge in [0.25, 0.3) is 0 Å². The van der Waals surface area contributed by atoms with E-state index in [1.807, 2.05) is 19.1 Å². The number of aryl methyl sites for hydroxylation is 2. The maximum atomic E-state index is 9.26. The van der Waals surface area contributed by atoms with Gasteiger partial charge in [0.05, 0.1) is 18.8 Å². The SMILES string of the molecule is C/C=C\C(=C/C)CCCCc1ccc(CCC(N)(CO)CO)c(Cl)c1. The van der Waals surface area contributed by atoms with Crippen LogP contribution in [0, 0.1) is 0 Å². The van der Waals surface area contributed by atoms with Gasteiger partial charge in [-0.3, -0.25) is 0 Å². The van der Waals surface area contributed by atoms with Crippen LogP contribution in [0.3, 0.4) is 0 Å². The third-order valence-electron chi connectivity index (χ3n) is 4.57. The Hall–Kier alpha value is -1.13. The van der Waals surface area contributed by atoms with Gasteiger partial charge in [-0.2, -0.15) is 0 Å². The minimum Gasteiger partial charge on any atom is -0.394 e. The molecule has 0 amide bonds. The highest BCUT2D eigenvalue weighted by Crippen LogP contribution is 2.23. The molecule has 0 saturated carbocycles. The van der Waals surface area contributed by atoms with Gasteiger partial charge in [-0.05, 0) is 69.6 Å². The Morgan fingerprint density at radius 3 is 2.44 bits per heavy atom. The number of unbranched alkanes of at least 4 members (excludes halogenated alkanes) is 1. The van der Waals surface area contributed by atoms with Crippen molar-refractivity contribution in [1.82, 2.24) is 0 Å². The van der Waals surface area contributed by atoms with Crippen LogP contribution >= 0.6 is 11.6 Å². The fourth-order valence-electron chi connectivity index (χ4n) is 2.74. The number of hydrogen-bond donors (Lipinski definition) is 3. The fourth-order valence-corrected chi connectivity index (χ4v) is 3.03. The Morgan fingerprint density at radius 2 is 1.88 bits per heavy atom. The van der Waals surface area contributed by atoms with E-state index in [9.17, 15) is 10.2 Å². The van der Waals surface area contributed by atoms with Gasteiger partial charge < -0.3 is 15.9 Å². The van der Waals surface area contributed by atoms with Gasteiger partial charge in [0.2, 0.25) is 0 Å². The van der Waals surface area contributed by atoms with Gasteiger partial charge in [0.15, 0.2) is 0 Å². The zero-order valence-corrected chi connectivity index (χ0v) is 16.2. The van der Waals surface area contributed by atoms with Crippen molar-refractivity contribution < 1.29 is 10.2 Å². The second kappa shape index (κ2) is 11.5. The highest BCUT2D eigenvalue weighted by atomic mass is 35.5. The van der Waals surface area contributed by atoms with Gasteiger partial charge in [0.1, 0.15) is 0 Å². The Morgan fingerprint density at radius 1 is 1.16 bits per heavy atom. The summed E-state index contributed by atoms with van der Waals surface area (Å²) in [6.45, 7) is 3.65. The summed E-state index contributed by atoms with van der Waals surface area (Å²) in [5, 5.41) is 19.3. The number of aliphatic hydroxyl groups excluding tert-OH is 2. The Balaban J connectivity index is 2.50. The molecule has 0 spiro atoms. The molecule has 1 aromatic rings. The number of benzene rings is 1. The average Bonchev–Trinajstić information content (AvgIpc) is 2.63. The number of allylic oxidation sites excluding steroid dienone is 4. The number of nitrogens with two attached hydrogens (primary N) is 1. The van der Waals surface area contributed by atoms with Gasteiger partial charge >= 0.3 is 0 Å². The predicted octanol–water partition coefficient (Wildman–Crippen LogP) is 4.19. The van der Waals surface area contributed by atoms with Gasteiger partial charge in [0, 0.05) is 5.02 Å². The second-order valence-electron chi connectivity index (χ2n) is 6.68. The van der Waals surface area contributed by atoms with Crippen molar-refractivity contribution in [2.24, 2.45) is 5.73 Å². The molecule has 0 bridgehead atoms. The van der Waals surface area contributed by atoms with Crippen LogP contribution in [-0.4, -0.2) is 29.0 Å². The molecular formula is C21H32ClNO2. The Labute approximate surface area is 157 Å². The second-order valence-corrected chi connectivity index (χ2v) is 7.08. The summed E-state index contributed by atoms with van der Waals surface area (Å²) in [7, 11) is 0. The third-order valence-corrected chi connectivity index (χ3v) is 4.92.